The second-order valence-electron chi connectivity index (χ2n) is 6.68. The van der Waals surface area contributed by atoms with E-state index in [4.69, 9.17) is 16.3 Å². The van der Waals surface area contributed by atoms with Gasteiger partial charge in [-0.1, -0.05) is 6.07 Å². The molecule has 4 heterocycles. The third-order valence-corrected chi connectivity index (χ3v) is 7.10. The molecule has 3 aromatic rings. The number of hydrogen-bond acceptors (Lipinski definition) is 10. The standard InChI is InChI=1S/C17H20ClN5O4S2/c1-8(6-29-10-3-2-4-28-10)20-14-11-15(22-17(18)21-14)23(7-19-11)16-13(26)12(25)9(5-24)27-16/h2-4,7-9,12-13,16,24-26H,5-6H2,1H3,(H,20,21,22)/t8-,9-,12?,13?,16-/m1/s1. The molecule has 29 heavy (non-hydrogen) atoms. The minimum atomic E-state index is -1.24. The van der Waals surface area contributed by atoms with E-state index in [1.54, 1.807) is 23.1 Å². The molecule has 9 nitrogen and oxygen atoms in total. The number of thioether (sulfide) groups is 1. The molecule has 2 unspecified atom stereocenters. The summed E-state index contributed by atoms with van der Waals surface area (Å²) in [4.78, 5) is 12.8. The number of nitrogens with one attached hydrogen (secondary N) is 1. The molecule has 4 N–H and O–H groups in total. The summed E-state index contributed by atoms with van der Waals surface area (Å²) < 4.78 is 8.30. The first kappa shape index (κ1) is 20.8. The molecule has 0 aromatic carbocycles. The quantitative estimate of drug-likeness (QED) is 0.310. The van der Waals surface area contributed by atoms with Crippen molar-refractivity contribution in [2.75, 3.05) is 17.7 Å². The molecule has 1 aliphatic heterocycles. The summed E-state index contributed by atoms with van der Waals surface area (Å²) in [5.41, 5.74) is 0.834. The zero-order valence-electron chi connectivity index (χ0n) is 15.3. The van der Waals surface area contributed by atoms with Crippen molar-refractivity contribution in [3.63, 3.8) is 0 Å². The van der Waals surface area contributed by atoms with Gasteiger partial charge >= 0.3 is 0 Å². The van der Waals surface area contributed by atoms with Gasteiger partial charge in [0.15, 0.2) is 23.2 Å². The first-order valence-electron chi connectivity index (χ1n) is 8.93. The Morgan fingerprint density at radius 1 is 1.38 bits per heavy atom. The van der Waals surface area contributed by atoms with Gasteiger partial charge in [-0.05, 0) is 30.0 Å². The van der Waals surface area contributed by atoms with Crippen molar-refractivity contribution in [3.8, 4) is 0 Å². The van der Waals surface area contributed by atoms with Crippen molar-refractivity contribution in [1.82, 2.24) is 19.5 Å². The Labute approximate surface area is 179 Å². The number of imidazole rings is 1. The summed E-state index contributed by atoms with van der Waals surface area (Å²) in [5, 5.41) is 35.0. The summed E-state index contributed by atoms with van der Waals surface area (Å²) in [6, 6.07) is 4.17. The highest BCUT2D eigenvalue weighted by atomic mass is 35.5. The van der Waals surface area contributed by atoms with E-state index in [1.807, 2.05) is 18.4 Å². The molecular formula is C17H20ClN5O4S2. The molecule has 4 rings (SSSR count). The molecular weight excluding hydrogens is 438 g/mol. The summed E-state index contributed by atoms with van der Waals surface area (Å²) in [5.74, 6) is 1.30. The Bertz CT molecular complexity index is 972. The van der Waals surface area contributed by atoms with E-state index in [9.17, 15) is 15.3 Å². The van der Waals surface area contributed by atoms with Crippen LogP contribution in [0.15, 0.2) is 28.0 Å². The van der Waals surface area contributed by atoms with Crippen LogP contribution in [-0.4, -0.2) is 71.6 Å². The van der Waals surface area contributed by atoms with Crippen LogP contribution in [0.25, 0.3) is 11.2 Å². The Morgan fingerprint density at radius 3 is 2.90 bits per heavy atom. The van der Waals surface area contributed by atoms with Gasteiger partial charge in [0.1, 0.15) is 18.3 Å². The average Bonchev–Trinajstić information content (AvgIpc) is 3.41. The minimum absolute atomic E-state index is 0.0200. The predicted octanol–water partition coefficient (Wildman–Crippen LogP) is 1.75. The van der Waals surface area contributed by atoms with Crippen LogP contribution in [0.3, 0.4) is 0 Å². The third-order valence-electron chi connectivity index (χ3n) is 4.54. The largest absolute Gasteiger partial charge is 0.394 e. The van der Waals surface area contributed by atoms with Crippen LogP contribution in [0, 0.1) is 0 Å². The fraction of sp³-hybridized carbons (Fsp3) is 0.471. The van der Waals surface area contributed by atoms with Crippen molar-refractivity contribution < 1.29 is 20.1 Å². The molecule has 0 radical (unpaired) electrons. The normalized spacial score (nSPS) is 25.6. The first-order chi connectivity index (χ1) is 14.0. The van der Waals surface area contributed by atoms with Crippen LogP contribution in [0.1, 0.15) is 13.2 Å². The molecule has 1 fully saturated rings. The Hall–Kier alpha value is -1.47. The number of fused-ring (bicyclic) bond motifs is 1. The van der Waals surface area contributed by atoms with Gasteiger partial charge in [0.2, 0.25) is 5.28 Å². The number of thiophene rings is 1. The van der Waals surface area contributed by atoms with E-state index in [2.05, 4.69) is 26.3 Å². The monoisotopic (exact) mass is 457 g/mol. The zero-order valence-corrected chi connectivity index (χ0v) is 17.7. The lowest BCUT2D eigenvalue weighted by Crippen LogP contribution is -2.33. The number of aliphatic hydroxyl groups is 3. The van der Waals surface area contributed by atoms with Crippen LogP contribution >= 0.6 is 34.7 Å². The highest BCUT2D eigenvalue weighted by molar-refractivity contribution is 8.01. The van der Waals surface area contributed by atoms with Crippen molar-refractivity contribution >= 4 is 51.7 Å². The van der Waals surface area contributed by atoms with E-state index >= 15 is 0 Å². The van der Waals surface area contributed by atoms with Gasteiger partial charge in [0.25, 0.3) is 0 Å². The molecule has 12 heteroatoms. The minimum Gasteiger partial charge on any atom is -0.394 e. The molecule has 1 saturated heterocycles. The summed E-state index contributed by atoms with van der Waals surface area (Å²) >= 11 is 9.56. The molecule has 0 amide bonds. The molecule has 1 aliphatic rings. The number of aromatic nitrogens is 4. The van der Waals surface area contributed by atoms with Crippen LogP contribution in [0.4, 0.5) is 5.82 Å². The van der Waals surface area contributed by atoms with Gasteiger partial charge < -0.3 is 25.4 Å². The molecule has 156 valence electrons. The maximum absolute atomic E-state index is 10.3. The van der Waals surface area contributed by atoms with Crippen LogP contribution in [0.2, 0.25) is 5.28 Å². The lowest BCUT2D eigenvalue weighted by atomic mass is 10.1. The molecule has 0 aliphatic carbocycles. The fourth-order valence-corrected chi connectivity index (χ4v) is 5.04. The van der Waals surface area contributed by atoms with Crippen molar-refractivity contribution in [2.45, 2.75) is 41.7 Å². The van der Waals surface area contributed by atoms with Gasteiger partial charge in [0, 0.05) is 11.8 Å². The summed E-state index contributed by atoms with van der Waals surface area (Å²) in [6.45, 7) is 1.62. The zero-order chi connectivity index (χ0) is 20.5. The van der Waals surface area contributed by atoms with Gasteiger partial charge in [-0.2, -0.15) is 9.97 Å². The molecule has 0 saturated carbocycles. The van der Waals surface area contributed by atoms with Crippen molar-refractivity contribution in [2.24, 2.45) is 0 Å². The smallest absolute Gasteiger partial charge is 0.226 e. The maximum Gasteiger partial charge on any atom is 0.226 e. The SMILES string of the molecule is C[C@H](CSc1cccs1)Nc1nc(Cl)nc2c1ncn2[C@@H]1O[C@H](CO)C(O)C1O. The van der Waals surface area contributed by atoms with Gasteiger partial charge in [-0.3, -0.25) is 4.57 Å². The van der Waals surface area contributed by atoms with Gasteiger partial charge in [0.05, 0.1) is 17.1 Å². The molecule has 0 spiro atoms. The summed E-state index contributed by atoms with van der Waals surface area (Å²) in [7, 11) is 0. The topological polar surface area (TPSA) is 126 Å². The number of ether oxygens (including phenoxy) is 1. The van der Waals surface area contributed by atoms with E-state index in [1.165, 1.54) is 15.1 Å². The van der Waals surface area contributed by atoms with Crippen molar-refractivity contribution in [1.29, 1.82) is 0 Å². The van der Waals surface area contributed by atoms with E-state index < -0.39 is 31.1 Å². The van der Waals surface area contributed by atoms with Gasteiger partial charge in [-0.25, -0.2) is 4.98 Å². The number of aliphatic hydroxyl groups excluding tert-OH is 3. The highest BCUT2D eigenvalue weighted by Crippen LogP contribution is 2.33. The van der Waals surface area contributed by atoms with E-state index in [0.29, 0.717) is 17.0 Å². The number of halogens is 1. The molecule has 0 bridgehead atoms. The number of hydrogen-bond donors (Lipinski definition) is 4. The lowest BCUT2D eigenvalue weighted by molar-refractivity contribution is -0.0511. The second kappa shape index (κ2) is 8.72. The lowest BCUT2D eigenvalue weighted by Gasteiger charge is -2.17. The summed E-state index contributed by atoms with van der Waals surface area (Å²) in [6.07, 6.45) is -2.84. The van der Waals surface area contributed by atoms with Crippen molar-refractivity contribution in [3.05, 3.63) is 29.1 Å². The second-order valence-corrected chi connectivity index (χ2v) is 9.29. The average molecular weight is 458 g/mol. The van der Waals surface area contributed by atoms with E-state index in [0.717, 1.165) is 5.75 Å². The van der Waals surface area contributed by atoms with Crippen LogP contribution in [-0.2, 0) is 4.74 Å². The van der Waals surface area contributed by atoms with Gasteiger partial charge in [-0.15, -0.1) is 23.1 Å². The third kappa shape index (κ3) is 4.22. The maximum atomic E-state index is 10.3. The van der Waals surface area contributed by atoms with E-state index in [-0.39, 0.29) is 11.3 Å². The number of anilines is 1. The highest BCUT2D eigenvalue weighted by Gasteiger charge is 2.44. The Kier molecular flexibility index (Phi) is 6.25. The first-order valence-corrected chi connectivity index (χ1v) is 11.2. The number of nitrogens with zero attached hydrogens (tertiary/aromatic N) is 4. The van der Waals surface area contributed by atoms with Crippen LogP contribution in [0.5, 0.6) is 0 Å². The van der Waals surface area contributed by atoms with Crippen LogP contribution < -0.4 is 5.32 Å². The fourth-order valence-electron chi connectivity index (χ4n) is 3.11. The number of rotatable bonds is 7. The predicted molar refractivity (Wildman–Crippen MR) is 111 cm³/mol. The molecule has 5 atom stereocenters. The Morgan fingerprint density at radius 2 is 2.21 bits per heavy atom. The Balaban J connectivity index is 1.57. The molecule has 3 aromatic heterocycles.